The third kappa shape index (κ3) is 6.23. The number of ether oxygens (including phenoxy) is 1. The molecule has 0 radical (unpaired) electrons. The molecule has 2 aliphatic rings. The van der Waals surface area contributed by atoms with Crippen LogP contribution in [0.2, 0.25) is 0 Å². The van der Waals surface area contributed by atoms with E-state index >= 15 is 0 Å². The molecule has 2 saturated heterocycles. The summed E-state index contributed by atoms with van der Waals surface area (Å²) in [5, 5.41) is 4.25. The van der Waals surface area contributed by atoms with Crippen LogP contribution in [0.5, 0.6) is 5.75 Å². The molecule has 0 spiro atoms. The number of amides is 1. The predicted molar refractivity (Wildman–Crippen MR) is 126 cm³/mol. The SMILES string of the molecule is CC(C)COc1ccc2[nH]c(C(=O)NC3CCN(CCN4CCCCC4)CC3)cc2c1. The van der Waals surface area contributed by atoms with E-state index in [0.29, 0.717) is 18.2 Å². The molecule has 170 valence electrons. The maximum absolute atomic E-state index is 12.8. The first-order chi connectivity index (χ1) is 15.1. The topological polar surface area (TPSA) is 60.6 Å². The zero-order chi connectivity index (χ0) is 21.6. The van der Waals surface area contributed by atoms with E-state index in [9.17, 15) is 4.79 Å². The highest BCUT2D eigenvalue weighted by molar-refractivity contribution is 5.98. The molecule has 2 aliphatic heterocycles. The van der Waals surface area contributed by atoms with Gasteiger partial charge in [-0.1, -0.05) is 20.3 Å². The number of rotatable bonds is 8. The summed E-state index contributed by atoms with van der Waals surface area (Å²) in [6.45, 7) is 12.0. The first kappa shape index (κ1) is 22.2. The fourth-order valence-electron chi connectivity index (χ4n) is 4.62. The third-order valence-electron chi connectivity index (χ3n) is 6.52. The van der Waals surface area contributed by atoms with Crippen molar-refractivity contribution < 1.29 is 9.53 Å². The molecule has 1 amide bonds. The number of carbonyl (C=O) groups is 1. The minimum atomic E-state index is -0.00684. The van der Waals surface area contributed by atoms with E-state index in [0.717, 1.165) is 49.1 Å². The van der Waals surface area contributed by atoms with E-state index in [1.165, 1.54) is 38.9 Å². The number of nitrogens with one attached hydrogen (secondary N) is 2. The number of nitrogens with zero attached hydrogens (tertiary/aromatic N) is 2. The van der Waals surface area contributed by atoms with Crippen LogP contribution < -0.4 is 10.1 Å². The van der Waals surface area contributed by atoms with E-state index in [2.05, 4.69) is 33.9 Å². The van der Waals surface area contributed by atoms with E-state index in [-0.39, 0.29) is 11.9 Å². The molecule has 1 aromatic heterocycles. The normalized spacial score (nSPS) is 19.2. The maximum atomic E-state index is 12.8. The quantitative estimate of drug-likeness (QED) is 0.672. The van der Waals surface area contributed by atoms with Gasteiger partial charge in [0, 0.05) is 43.1 Å². The second kappa shape index (κ2) is 10.5. The van der Waals surface area contributed by atoms with E-state index in [4.69, 9.17) is 4.74 Å². The van der Waals surface area contributed by atoms with Crippen LogP contribution in [-0.4, -0.2) is 72.6 Å². The van der Waals surface area contributed by atoms with Gasteiger partial charge in [0.1, 0.15) is 11.4 Å². The molecule has 2 fully saturated rings. The Bertz CT molecular complexity index is 848. The summed E-state index contributed by atoms with van der Waals surface area (Å²) in [6.07, 6.45) is 6.16. The minimum absolute atomic E-state index is 0.00684. The van der Waals surface area contributed by atoms with Gasteiger partial charge in [-0.15, -0.1) is 0 Å². The Morgan fingerprint density at radius 1 is 1.06 bits per heavy atom. The first-order valence-electron chi connectivity index (χ1n) is 12.1. The Labute approximate surface area is 186 Å². The Balaban J connectivity index is 1.24. The van der Waals surface area contributed by atoms with Gasteiger partial charge in [-0.05, 0) is 69.0 Å². The fraction of sp³-hybridized carbons (Fsp3) is 0.640. The van der Waals surface area contributed by atoms with Crippen molar-refractivity contribution in [1.82, 2.24) is 20.1 Å². The van der Waals surface area contributed by atoms with Gasteiger partial charge < -0.3 is 24.8 Å². The standard InChI is InChI=1S/C25H38N4O2/c1-19(2)18-31-22-6-7-23-20(16-22)17-24(27-23)25(30)26-21-8-12-29(13-9-21)15-14-28-10-4-3-5-11-28/h6-7,16-17,19,21,27H,3-5,8-15,18H2,1-2H3,(H,26,30). The van der Waals surface area contributed by atoms with E-state index < -0.39 is 0 Å². The largest absolute Gasteiger partial charge is 0.493 e. The monoisotopic (exact) mass is 426 g/mol. The number of hydrogen-bond donors (Lipinski definition) is 2. The van der Waals surface area contributed by atoms with Gasteiger partial charge >= 0.3 is 0 Å². The molecule has 2 N–H and O–H groups in total. The van der Waals surface area contributed by atoms with Crippen molar-refractivity contribution in [2.45, 2.75) is 52.0 Å². The fourth-order valence-corrected chi connectivity index (χ4v) is 4.62. The average Bonchev–Trinajstić information content (AvgIpc) is 3.21. The number of aromatic amines is 1. The Hall–Kier alpha value is -2.05. The van der Waals surface area contributed by atoms with E-state index in [1.807, 2.05) is 24.3 Å². The van der Waals surface area contributed by atoms with Gasteiger partial charge in [-0.3, -0.25) is 4.79 Å². The minimum Gasteiger partial charge on any atom is -0.493 e. The average molecular weight is 427 g/mol. The smallest absolute Gasteiger partial charge is 0.267 e. The lowest BCUT2D eigenvalue weighted by atomic mass is 10.0. The van der Waals surface area contributed by atoms with Gasteiger partial charge in [-0.25, -0.2) is 0 Å². The Morgan fingerprint density at radius 3 is 2.48 bits per heavy atom. The number of hydrogen-bond acceptors (Lipinski definition) is 4. The molecule has 0 bridgehead atoms. The van der Waals surface area contributed by atoms with Crippen molar-refractivity contribution in [2.75, 3.05) is 45.9 Å². The van der Waals surface area contributed by atoms with Crippen LogP contribution >= 0.6 is 0 Å². The van der Waals surface area contributed by atoms with Gasteiger partial charge in [0.25, 0.3) is 5.91 Å². The van der Waals surface area contributed by atoms with Gasteiger partial charge in [0.05, 0.1) is 6.61 Å². The first-order valence-corrected chi connectivity index (χ1v) is 12.1. The molecule has 3 heterocycles. The van der Waals surface area contributed by atoms with Gasteiger partial charge in [0.15, 0.2) is 0 Å². The summed E-state index contributed by atoms with van der Waals surface area (Å²) in [5.74, 6) is 1.33. The highest BCUT2D eigenvalue weighted by Crippen LogP contribution is 2.22. The van der Waals surface area contributed by atoms with Gasteiger partial charge in [-0.2, -0.15) is 0 Å². The van der Waals surface area contributed by atoms with Crippen molar-refractivity contribution in [3.05, 3.63) is 30.0 Å². The summed E-state index contributed by atoms with van der Waals surface area (Å²) in [7, 11) is 0. The lowest BCUT2D eigenvalue weighted by Crippen LogP contribution is -2.46. The zero-order valence-electron chi connectivity index (χ0n) is 19.2. The lowest BCUT2D eigenvalue weighted by Gasteiger charge is -2.34. The maximum Gasteiger partial charge on any atom is 0.267 e. The van der Waals surface area contributed by atoms with Crippen LogP contribution in [0.3, 0.4) is 0 Å². The van der Waals surface area contributed by atoms with Crippen LogP contribution in [0.15, 0.2) is 24.3 Å². The summed E-state index contributed by atoms with van der Waals surface area (Å²) in [4.78, 5) is 21.2. The summed E-state index contributed by atoms with van der Waals surface area (Å²) in [6, 6.07) is 8.15. The van der Waals surface area contributed by atoms with Crippen LogP contribution in [0.25, 0.3) is 10.9 Å². The highest BCUT2D eigenvalue weighted by Gasteiger charge is 2.22. The number of fused-ring (bicyclic) bond motifs is 1. The second-order valence-corrected chi connectivity index (χ2v) is 9.63. The van der Waals surface area contributed by atoms with Crippen LogP contribution in [-0.2, 0) is 0 Å². The van der Waals surface area contributed by atoms with Crippen molar-refractivity contribution >= 4 is 16.8 Å². The summed E-state index contributed by atoms with van der Waals surface area (Å²) < 4.78 is 5.81. The molecule has 2 aromatic rings. The molecule has 1 aromatic carbocycles. The highest BCUT2D eigenvalue weighted by atomic mass is 16.5. The molecule has 0 saturated carbocycles. The van der Waals surface area contributed by atoms with Gasteiger partial charge in [0.2, 0.25) is 0 Å². The van der Waals surface area contributed by atoms with Crippen molar-refractivity contribution in [1.29, 1.82) is 0 Å². The Morgan fingerprint density at radius 2 is 1.77 bits per heavy atom. The summed E-state index contributed by atoms with van der Waals surface area (Å²) in [5.41, 5.74) is 1.60. The number of benzene rings is 1. The van der Waals surface area contributed by atoms with Crippen molar-refractivity contribution in [3.8, 4) is 5.75 Å². The number of aromatic nitrogens is 1. The molecule has 0 atom stereocenters. The molecule has 4 rings (SSSR count). The number of piperidine rings is 2. The molecular formula is C25H38N4O2. The molecule has 0 aliphatic carbocycles. The molecular weight excluding hydrogens is 388 g/mol. The van der Waals surface area contributed by atoms with Crippen LogP contribution in [0, 0.1) is 5.92 Å². The van der Waals surface area contributed by atoms with Crippen molar-refractivity contribution in [3.63, 3.8) is 0 Å². The second-order valence-electron chi connectivity index (χ2n) is 9.63. The van der Waals surface area contributed by atoms with Crippen molar-refractivity contribution in [2.24, 2.45) is 5.92 Å². The summed E-state index contributed by atoms with van der Waals surface area (Å²) >= 11 is 0. The number of likely N-dealkylation sites (tertiary alicyclic amines) is 2. The van der Waals surface area contributed by atoms with E-state index in [1.54, 1.807) is 0 Å². The molecule has 6 heteroatoms. The number of carbonyl (C=O) groups excluding carboxylic acids is 1. The Kier molecular flexibility index (Phi) is 7.51. The molecule has 31 heavy (non-hydrogen) atoms. The molecule has 0 unspecified atom stereocenters. The zero-order valence-corrected chi connectivity index (χ0v) is 19.2. The predicted octanol–water partition coefficient (Wildman–Crippen LogP) is 3.88. The molecule has 6 nitrogen and oxygen atoms in total. The van der Waals surface area contributed by atoms with Crippen LogP contribution in [0.4, 0.5) is 0 Å². The lowest BCUT2D eigenvalue weighted by molar-refractivity contribution is 0.0901. The number of H-pyrrole nitrogens is 1. The van der Waals surface area contributed by atoms with Crippen LogP contribution in [0.1, 0.15) is 56.4 Å². The third-order valence-corrected chi connectivity index (χ3v) is 6.52.